The summed E-state index contributed by atoms with van der Waals surface area (Å²) < 4.78 is 0. The number of amides is 1. The molecule has 2 rings (SSSR count). The van der Waals surface area contributed by atoms with Gasteiger partial charge in [0.1, 0.15) is 11.3 Å². The molecule has 1 amide bonds. The molecule has 0 aromatic heterocycles. The van der Waals surface area contributed by atoms with Crippen molar-refractivity contribution >= 4 is 11.7 Å². The molecule has 0 spiro atoms. The van der Waals surface area contributed by atoms with Crippen molar-refractivity contribution in [2.24, 2.45) is 0 Å². The van der Waals surface area contributed by atoms with Gasteiger partial charge in [-0.05, 0) is 19.8 Å². The second-order valence-corrected chi connectivity index (χ2v) is 3.47. The molecule has 4 nitrogen and oxygen atoms in total. The highest BCUT2D eigenvalue weighted by atomic mass is 16.3. The SMILES string of the molecule is CC(=O)C1=C(O)[C@H]2CCCN2C1=O. The van der Waals surface area contributed by atoms with E-state index in [0.29, 0.717) is 6.54 Å². The van der Waals surface area contributed by atoms with Crippen LogP contribution in [-0.2, 0) is 9.59 Å². The summed E-state index contributed by atoms with van der Waals surface area (Å²) in [5.41, 5.74) is -0.00954. The lowest BCUT2D eigenvalue weighted by molar-refractivity contribution is -0.127. The number of hydrogen-bond donors (Lipinski definition) is 1. The van der Waals surface area contributed by atoms with Crippen LogP contribution in [0.15, 0.2) is 11.3 Å². The zero-order valence-corrected chi connectivity index (χ0v) is 7.41. The molecule has 70 valence electrons. The maximum Gasteiger partial charge on any atom is 0.261 e. The van der Waals surface area contributed by atoms with Gasteiger partial charge in [0.2, 0.25) is 0 Å². The van der Waals surface area contributed by atoms with Crippen LogP contribution >= 0.6 is 0 Å². The molecular weight excluding hydrogens is 170 g/mol. The second kappa shape index (κ2) is 2.58. The molecule has 1 N–H and O–H groups in total. The molecule has 13 heavy (non-hydrogen) atoms. The first-order valence-corrected chi connectivity index (χ1v) is 4.38. The Bertz CT molecular complexity index is 319. The molecule has 0 aromatic rings. The average Bonchev–Trinajstić information content (AvgIpc) is 2.56. The van der Waals surface area contributed by atoms with Gasteiger partial charge in [0, 0.05) is 6.54 Å². The van der Waals surface area contributed by atoms with Crippen molar-refractivity contribution in [3.05, 3.63) is 11.3 Å². The molecule has 1 saturated heterocycles. The van der Waals surface area contributed by atoms with Crippen LogP contribution in [-0.4, -0.2) is 34.3 Å². The molecule has 0 aliphatic carbocycles. The van der Waals surface area contributed by atoms with E-state index in [1.807, 2.05) is 0 Å². The van der Waals surface area contributed by atoms with Gasteiger partial charge in [-0.15, -0.1) is 0 Å². The molecule has 0 bridgehead atoms. The summed E-state index contributed by atoms with van der Waals surface area (Å²) in [7, 11) is 0. The Morgan fingerprint density at radius 1 is 1.62 bits per heavy atom. The summed E-state index contributed by atoms with van der Waals surface area (Å²) in [6.07, 6.45) is 1.68. The van der Waals surface area contributed by atoms with Gasteiger partial charge in [0.05, 0.1) is 6.04 Å². The van der Waals surface area contributed by atoms with Crippen molar-refractivity contribution < 1.29 is 14.7 Å². The minimum atomic E-state index is -0.336. The van der Waals surface area contributed by atoms with Gasteiger partial charge in [-0.3, -0.25) is 9.59 Å². The number of Topliss-reactive ketones (excluding diaryl/α,β-unsaturated/α-hetero) is 1. The minimum Gasteiger partial charge on any atom is -0.509 e. The van der Waals surface area contributed by atoms with Crippen LogP contribution in [0.3, 0.4) is 0 Å². The van der Waals surface area contributed by atoms with Gasteiger partial charge in [-0.25, -0.2) is 0 Å². The summed E-state index contributed by atoms with van der Waals surface area (Å²) in [5.74, 6) is -0.653. The summed E-state index contributed by atoms with van der Waals surface area (Å²) in [6.45, 7) is 1.97. The Balaban J connectivity index is 2.41. The van der Waals surface area contributed by atoms with E-state index in [1.54, 1.807) is 4.90 Å². The molecule has 2 heterocycles. The third kappa shape index (κ3) is 0.978. The van der Waals surface area contributed by atoms with E-state index < -0.39 is 0 Å². The zero-order chi connectivity index (χ0) is 9.59. The van der Waals surface area contributed by atoms with Crippen LogP contribution in [0.5, 0.6) is 0 Å². The summed E-state index contributed by atoms with van der Waals surface area (Å²) in [4.78, 5) is 24.1. The van der Waals surface area contributed by atoms with E-state index in [0.717, 1.165) is 12.8 Å². The topological polar surface area (TPSA) is 57.6 Å². The third-order valence-electron chi connectivity index (χ3n) is 2.65. The Hall–Kier alpha value is -1.32. The van der Waals surface area contributed by atoms with Gasteiger partial charge >= 0.3 is 0 Å². The monoisotopic (exact) mass is 181 g/mol. The predicted octanol–water partition coefficient (Wildman–Crippen LogP) is 0.392. The first kappa shape index (κ1) is 8.29. The minimum absolute atomic E-state index is 0.00954. The van der Waals surface area contributed by atoms with E-state index in [2.05, 4.69) is 0 Å². The lowest BCUT2D eigenvalue weighted by Gasteiger charge is -2.14. The van der Waals surface area contributed by atoms with Gasteiger partial charge in [0.15, 0.2) is 5.78 Å². The number of fused-ring (bicyclic) bond motifs is 1. The number of rotatable bonds is 1. The summed E-state index contributed by atoms with van der Waals surface area (Å²) in [5, 5.41) is 9.60. The van der Waals surface area contributed by atoms with Crippen molar-refractivity contribution in [1.29, 1.82) is 0 Å². The van der Waals surface area contributed by atoms with E-state index in [-0.39, 0.29) is 29.1 Å². The normalized spacial score (nSPS) is 27.0. The maximum absolute atomic E-state index is 11.5. The van der Waals surface area contributed by atoms with Gasteiger partial charge < -0.3 is 10.0 Å². The van der Waals surface area contributed by atoms with E-state index in [9.17, 15) is 14.7 Å². The fourth-order valence-electron chi connectivity index (χ4n) is 2.04. The van der Waals surface area contributed by atoms with E-state index in [4.69, 9.17) is 0 Å². The van der Waals surface area contributed by atoms with E-state index in [1.165, 1.54) is 6.92 Å². The first-order chi connectivity index (χ1) is 6.13. The number of aliphatic hydroxyl groups excluding tert-OH is 1. The van der Waals surface area contributed by atoms with E-state index >= 15 is 0 Å². The smallest absolute Gasteiger partial charge is 0.261 e. The fourth-order valence-corrected chi connectivity index (χ4v) is 2.04. The van der Waals surface area contributed by atoms with Crippen LogP contribution in [0.4, 0.5) is 0 Å². The number of aliphatic hydroxyl groups is 1. The Morgan fingerprint density at radius 3 is 2.85 bits per heavy atom. The lowest BCUT2D eigenvalue weighted by Crippen LogP contribution is -2.30. The fraction of sp³-hybridized carbons (Fsp3) is 0.556. The Labute approximate surface area is 75.8 Å². The number of carbonyl (C=O) groups excluding carboxylic acids is 2. The quantitative estimate of drug-likeness (QED) is 0.595. The lowest BCUT2D eigenvalue weighted by atomic mass is 10.1. The zero-order valence-electron chi connectivity index (χ0n) is 7.41. The highest BCUT2D eigenvalue weighted by Gasteiger charge is 2.43. The standard InChI is InChI=1S/C9H11NO3/c1-5(11)7-8(12)6-3-2-4-10(6)9(7)13/h6,12H,2-4H2,1H3/t6-/m1/s1. The van der Waals surface area contributed by atoms with Gasteiger partial charge in [-0.1, -0.05) is 0 Å². The predicted molar refractivity (Wildman–Crippen MR) is 45.1 cm³/mol. The highest BCUT2D eigenvalue weighted by Crippen LogP contribution is 2.32. The number of ketones is 1. The maximum atomic E-state index is 11.5. The summed E-state index contributed by atoms with van der Waals surface area (Å²) >= 11 is 0. The molecule has 1 atom stereocenters. The molecule has 1 fully saturated rings. The Kier molecular flexibility index (Phi) is 1.65. The van der Waals surface area contributed by atoms with Crippen LogP contribution < -0.4 is 0 Å². The Morgan fingerprint density at radius 2 is 2.31 bits per heavy atom. The van der Waals surface area contributed by atoms with Crippen molar-refractivity contribution in [2.75, 3.05) is 6.54 Å². The molecular formula is C9H11NO3. The van der Waals surface area contributed by atoms with Crippen LogP contribution in [0.2, 0.25) is 0 Å². The van der Waals surface area contributed by atoms with Crippen LogP contribution in [0.1, 0.15) is 19.8 Å². The molecule has 4 heteroatoms. The van der Waals surface area contributed by atoms with Crippen molar-refractivity contribution in [3.8, 4) is 0 Å². The van der Waals surface area contributed by atoms with Crippen molar-refractivity contribution in [3.63, 3.8) is 0 Å². The number of carbonyl (C=O) groups is 2. The number of hydrogen-bond acceptors (Lipinski definition) is 3. The second-order valence-electron chi connectivity index (χ2n) is 3.47. The average molecular weight is 181 g/mol. The highest BCUT2D eigenvalue weighted by molar-refractivity contribution is 6.20. The molecule has 0 aromatic carbocycles. The first-order valence-electron chi connectivity index (χ1n) is 4.38. The van der Waals surface area contributed by atoms with Gasteiger partial charge in [0.25, 0.3) is 5.91 Å². The molecule has 0 saturated carbocycles. The van der Waals surface area contributed by atoms with Crippen molar-refractivity contribution in [2.45, 2.75) is 25.8 Å². The molecule has 0 unspecified atom stereocenters. The van der Waals surface area contributed by atoms with Crippen LogP contribution in [0, 0.1) is 0 Å². The molecule has 2 aliphatic heterocycles. The molecule has 2 aliphatic rings. The van der Waals surface area contributed by atoms with Crippen molar-refractivity contribution in [1.82, 2.24) is 4.90 Å². The largest absolute Gasteiger partial charge is 0.509 e. The molecule has 0 radical (unpaired) electrons. The summed E-state index contributed by atoms with van der Waals surface area (Å²) in [6, 6.07) is -0.216. The van der Waals surface area contributed by atoms with Gasteiger partial charge in [-0.2, -0.15) is 0 Å². The van der Waals surface area contributed by atoms with Crippen LogP contribution in [0.25, 0.3) is 0 Å². The third-order valence-corrected chi connectivity index (χ3v) is 2.65. The number of nitrogens with zero attached hydrogens (tertiary/aromatic N) is 1.